The van der Waals surface area contributed by atoms with Gasteiger partial charge in [0.05, 0.1) is 6.54 Å². The lowest BCUT2D eigenvalue weighted by Crippen LogP contribution is -2.02. The van der Waals surface area contributed by atoms with Crippen molar-refractivity contribution in [2.45, 2.75) is 13.1 Å². The number of nitrogens with two attached hydrogens (primary N) is 1. The Morgan fingerprint density at radius 2 is 2.15 bits per heavy atom. The Hall–Kier alpha value is -2.64. The van der Waals surface area contributed by atoms with E-state index in [0.29, 0.717) is 18.8 Å². The van der Waals surface area contributed by atoms with Crippen LogP contribution in [0.1, 0.15) is 16.8 Å². The fourth-order valence-electron chi connectivity index (χ4n) is 2.34. The standard InChI is InChI=1S/C16H14N4/c17-9-12-3-4-13-5-7-20(16(13)8-12)11-14-2-1-6-19-15(14)10-18/h1-8H,9,11,17H2. The van der Waals surface area contributed by atoms with E-state index in [-0.39, 0.29) is 0 Å². The van der Waals surface area contributed by atoms with Crippen LogP contribution >= 0.6 is 0 Å². The molecular formula is C16H14N4. The van der Waals surface area contributed by atoms with Crippen LogP contribution in [0.4, 0.5) is 0 Å². The first-order chi connectivity index (χ1) is 9.81. The van der Waals surface area contributed by atoms with Gasteiger partial charge in [-0.25, -0.2) is 4.98 Å². The Kier molecular flexibility index (Phi) is 3.20. The number of aromatic nitrogens is 2. The molecule has 98 valence electrons. The Morgan fingerprint density at radius 1 is 1.25 bits per heavy atom. The van der Waals surface area contributed by atoms with Gasteiger partial charge in [0.25, 0.3) is 0 Å². The first-order valence-corrected chi connectivity index (χ1v) is 6.43. The van der Waals surface area contributed by atoms with Crippen LogP contribution in [0.5, 0.6) is 0 Å². The van der Waals surface area contributed by atoms with E-state index in [1.54, 1.807) is 6.20 Å². The molecule has 2 aromatic heterocycles. The highest BCUT2D eigenvalue weighted by Gasteiger charge is 2.06. The predicted molar refractivity (Wildman–Crippen MR) is 77.9 cm³/mol. The van der Waals surface area contributed by atoms with Crippen LogP contribution in [0, 0.1) is 11.3 Å². The smallest absolute Gasteiger partial charge is 0.145 e. The van der Waals surface area contributed by atoms with Crippen molar-refractivity contribution in [1.82, 2.24) is 9.55 Å². The third-order valence-electron chi connectivity index (χ3n) is 3.41. The third kappa shape index (κ3) is 2.15. The minimum Gasteiger partial charge on any atom is -0.343 e. The number of benzene rings is 1. The largest absolute Gasteiger partial charge is 0.343 e. The van der Waals surface area contributed by atoms with Gasteiger partial charge in [-0.15, -0.1) is 0 Å². The summed E-state index contributed by atoms with van der Waals surface area (Å²) < 4.78 is 2.12. The number of hydrogen-bond donors (Lipinski definition) is 1. The van der Waals surface area contributed by atoms with Crippen molar-refractivity contribution in [1.29, 1.82) is 5.26 Å². The highest BCUT2D eigenvalue weighted by atomic mass is 15.0. The van der Waals surface area contributed by atoms with Crippen molar-refractivity contribution >= 4 is 10.9 Å². The molecule has 3 rings (SSSR count). The maximum absolute atomic E-state index is 9.10. The normalized spacial score (nSPS) is 10.6. The Labute approximate surface area is 117 Å². The van der Waals surface area contributed by atoms with Crippen molar-refractivity contribution < 1.29 is 0 Å². The fraction of sp³-hybridized carbons (Fsp3) is 0.125. The molecule has 0 aliphatic carbocycles. The average Bonchev–Trinajstić information content (AvgIpc) is 2.90. The molecule has 2 heterocycles. The molecule has 3 aromatic rings. The van der Waals surface area contributed by atoms with Gasteiger partial charge in [-0.05, 0) is 29.1 Å². The molecule has 0 bridgehead atoms. The molecule has 4 nitrogen and oxygen atoms in total. The molecule has 0 unspecified atom stereocenters. The Morgan fingerprint density at radius 3 is 2.95 bits per heavy atom. The molecule has 20 heavy (non-hydrogen) atoms. The lowest BCUT2D eigenvalue weighted by molar-refractivity contribution is 0.827. The van der Waals surface area contributed by atoms with Gasteiger partial charge in [-0.3, -0.25) is 0 Å². The van der Waals surface area contributed by atoms with Crippen LogP contribution in [0.2, 0.25) is 0 Å². The molecule has 4 heteroatoms. The highest BCUT2D eigenvalue weighted by Crippen LogP contribution is 2.19. The molecule has 0 atom stereocenters. The zero-order valence-electron chi connectivity index (χ0n) is 11.0. The van der Waals surface area contributed by atoms with E-state index in [1.807, 2.05) is 24.4 Å². The maximum atomic E-state index is 9.10. The van der Waals surface area contributed by atoms with Crippen molar-refractivity contribution in [3.05, 3.63) is 65.6 Å². The quantitative estimate of drug-likeness (QED) is 0.788. The summed E-state index contributed by atoms with van der Waals surface area (Å²) in [7, 11) is 0. The van der Waals surface area contributed by atoms with E-state index in [9.17, 15) is 0 Å². The van der Waals surface area contributed by atoms with Gasteiger partial charge < -0.3 is 10.3 Å². The summed E-state index contributed by atoms with van der Waals surface area (Å²) in [4.78, 5) is 4.10. The lowest BCUT2D eigenvalue weighted by Gasteiger charge is -2.07. The second-order valence-corrected chi connectivity index (χ2v) is 4.66. The zero-order valence-corrected chi connectivity index (χ0v) is 11.0. The first kappa shape index (κ1) is 12.4. The molecule has 0 radical (unpaired) electrons. The number of pyridine rings is 1. The fourth-order valence-corrected chi connectivity index (χ4v) is 2.34. The molecule has 0 saturated carbocycles. The minimum absolute atomic E-state index is 0.476. The molecule has 2 N–H and O–H groups in total. The van der Waals surface area contributed by atoms with Gasteiger partial charge in [0.1, 0.15) is 11.8 Å². The Balaban J connectivity index is 2.05. The van der Waals surface area contributed by atoms with Gasteiger partial charge in [0.15, 0.2) is 0 Å². The minimum atomic E-state index is 0.476. The molecule has 0 aliphatic heterocycles. The van der Waals surface area contributed by atoms with Gasteiger partial charge in [0.2, 0.25) is 0 Å². The lowest BCUT2D eigenvalue weighted by atomic mass is 10.1. The van der Waals surface area contributed by atoms with E-state index >= 15 is 0 Å². The van der Waals surface area contributed by atoms with Crippen LogP contribution < -0.4 is 5.73 Å². The summed E-state index contributed by atoms with van der Waals surface area (Å²) >= 11 is 0. The number of hydrogen-bond acceptors (Lipinski definition) is 3. The summed E-state index contributed by atoms with van der Waals surface area (Å²) in [6.07, 6.45) is 3.67. The van der Waals surface area contributed by atoms with Crippen LogP contribution in [-0.4, -0.2) is 9.55 Å². The predicted octanol–water partition coefficient (Wildman–Crippen LogP) is 2.41. The van der Waals surface area contributed by atoms with Crippen molar-refractivity contribution in [2.75, 3.05) is 0 Å². The highest BCUT2D eigenvalue weighted by molar-refractivity contribution is 5.81. The number of nitrogens with zero attached hydrogens (tertiary/aromatic N) is 3. The summed E-state index contributed by atoms with van der Waals surface area (Å²) in [6.45, 7) is 1.16. The van der Waals surface area contributed by atoms with Gasteiger partial charge >= 0.3 is 0 Å². The monoisotopic (exact) mass is 262 g/mol. The van der Waals surface area contributed by atoms with Crippen LogP contribution in [0.25, 0.3) is 10.9 Å². The van der Waals surface area contributed by atoms with Crippen molar-refractivity contribution in [3.8, 4) is 6.07 Å². The van der Waals surface area contributed by atoms with E-state index in [0.717, 1.165) is 16.6 Å². The number of fused-ring (bicyclic) bond motifs is 1. The van der Waals surface area contributed by atoms with Crippen LogP contribution in [-0.2, 0) is 13.1 Å². The molecule has 0 fully saturated rings. The average molecular weight is 262 g/mol. The van der Waals surface area contributed by atoms with Crippen molar-refractivity contribution in [3.63, 3.8) is 0 Å². The SMILES string of the molecule is N#Cc1ncccc1Cn1ccc2ccc(CN)cc21. The first-order valence-electron chi connectivity index (χ1n) is 6.43. The summed E-state index contributed by atoms with van der Waals surface area (Å²) in [5.74, 6) is 0. The second kappa shape index (κ2) is 5.16. The number of rotatable bonds is 3. The van der Waals surface area contributed by atoms with E-state index in [1.165, 1.54) is 5.39 Å². The number of nitriles is 1. The molecule has 1 aromatic carbocycles. The third-order valence-corrected chi connectivity index (χ3v) is 3.41. The van der Waals surface area contributed by atoms with E-state index < -0.39 is 0 Å². The maximum Gasteiger partial charge on any atom is 0.145 e. The van der Waals surface area contributed by atoms with Crippen LogP contribution in [0.3, 0.4) is 0 Å². The zero-order chi connectivity index (χ0) is 13.9. The molecule has 0 saturated heterocycles. The molecule has 0 spiro atoms. The van der Waals surface area contributed by atoms with E-state index in [2.05, 4.69) is 33.8 Å². The topological polar surface area (TPSA) is 67.6 Å². The molecular weight excluding hydrogens is 248 g/mol. The Bertz CT molecular complexity index is 796. The van der Waals surface area contributed by atoms with Gasteiger partial charge in [-0.1, -0.05) is 18.2 Å². The van der Waals surface area contributed by atoms with Gasteiger partial charge in [-0.2, -0.15) is 5.26 Å². The van der Waals surface area contributed by atoms with Crippen molar-refractivity contribution in [2.24, 2.45) is 5.73 Å². The second-order valence-electron chi connectivity index (χ2n) is 4.66. The van der Waals surface area contributed by atoms with Crippen LogP contribution in [0.15, 0.2) is 48.8 Å². The summed E-state index contributed by atoms with van der Waals surface area (Å²) in [5.41, 5.74) is 9.32. The van der Waals surface area contributed by atoms with E-state index in [4.69, 9.17) is 11.0 Å². The molecule has 0 amide bonds. The summed E-state index contributed by atoms with van der Waals surface area (Å²) in [5, 5.41) is 10.3. The van der Waals surface area contributed by atoms with Gasteiger partial charge in [0, 0.05) is 30.0 Å². The summed E-state index contributed by atoms with van der Waals surface area (Å²) in [6, 6.07) is 14.2. The molecule has 0 aliphatic rings.